The average molecular weight is 322 g/mol. The largest absolute Gasteiger partial charge is 0.351 e. The Morgan fingerprint density at radius 3 is 2.45 bits per heavy atom. The van der Waals surface area contributed by atoms with Crippen LogP contribution in [0.5, 0.6) is 0 Å². The Morgan fingerprint density at radius 1 is 1.27 bits per heavy atom. The summed E-state index contributed by atoms with van der Waals surface area (Å²) in [6.07, 6.45) is 0. The number of carbonyl (C=O) groups is 1. The number of carbonyl (C=O) groups excluding carboxylic acids is 1. The van der Waals surface area contributed by atoms with Crippen LogP contribution in [0.25, 0.3) is 0 Å². The summed E-state index contributed by atoms with van der Waals surface area (Å²) in [4.78, 5) is 12.1. The molecule has 0 spiro atoms. The first kappa shape index (κ1) is 16.2. The lowest BCUT2D eigenvalue weighted by molar-refractivity contribution is 0.0906. The monoisotopic (exact) mass is 322 g/mol. The molecule has 1 amide bonds. The van der Waals surface area contributed by atoms with Crippen molar-refractivity contribution < 1.29 is 17.7 Å². The second-order valence-corrected chi connectivity index (χ2v) is 7.34. The summed E-state index contributed by atoms with van der Waals surface area (Å²) in [5.41, 5.74) is 1.58. The van der Waals surface area contributed by atoms with E-state index in [2.05, 4.69) is 10.5 Å². The van der Waals surface area contributed by atoms with E-state index in [1.165, 1.54) is 6.07 Å². The summed E-state index contributed by atoms with van der Waals surface area (Å²) < 4.78 is 29.4. The van der Waals surface area contributed by atoms with Gasteiger partial charge in [-0.05, 0) is 32.9 Å². The number of rotatable bonds is 5. The van der Waals surface area contributed by atoms with Crippen LogP contribution in [0.4, 0.5) is 0 Å². The summed E-state index contributed by atoms with van der Waals surface area (Å²) >= 11 is 0. The van der Waals surface area contributed by atoms with Crippen molar-refractivity contribution in [2.24, 2.45) is 0 Å². The van der Waals surface area contributed by atoms with E-state index in [1.807, 2.05) is 6.92 Å². The van der Waals surface area contributed by atoms with Crippen molar-refractivity contribution >= 4 is 15.7 Å². The van der Waals surface area contributed by atoms with Gasteiger partial charge in [0.2, 0.25) is 5.76 Å². The Morgan fingerprint density at radius 2 is 1.91 bits per heavy atom. The Labute approximate surface area is 129 Å². The minimum atomic E-state index is -3.46. The van der Waals surface area contributed by atoms with Crippen LogP contribution in [-0.2, 0) is 9.84 Å². The highest BCUT2D eigenvalue weighted by Crippen LogP contribution is 2.13. The predicted molar refractivity (Wildman–Crippen MR) is 81.4 cm³/mol. The molecule has 0 bridgehead atoms. The van der Waals surface area contributed by atoms with E-state index in [0.717, 1.165) is 5.56 Å². The summed E-state index contributed by atoms with van der Waals surface area (Å²) in [7, 11) is -3.46. The maximum absolute atomic E-state index is 12.3. The lowest BCUT2D eigenvalue weighted by Gasteiger charge is -2.13. The van der Waals surface area contributed by atoms with E-state index in [0.29, 0.717) is 5.69 Å². The maximum atomic E-state index is 12.3. The molecule has 1 heterocycles. The van der Waals surface area contributed by atoms with Gasteiger partial charge in [0.25, 0.3) is 5.91 Å². The van der Waals surface area contributed by atoms with Gasteiger partial charge in [0.15, 0.2) is 9.84 Å². The molecule has 1 aromatic heterocycles. The highest BCUT2D eigenvalue weighted by molar-refractivity contribution is 7.91. The van der Waals surface area contributed by atoms with Gasteiger partial charge in [0.1, 0.15) is 0 Å². The minimum Gasteiger partial charge on any atom is -0.351 e. The lowest BCUT2D eigenvalue weighted by atomic mass is 10.2. The molecule has 22 heavy (non-hydrogen) atoms. The van der Waals surface area contributed by atoms with E-state index in [4.69, 9.17) is 4.52 Å². The Kier molecular flexibility index (Phi) is 4.65. The third-order valence-electron chi connectivity index (χ3n) is 3.08. The summed E-state index contributed by atoms with van der Waals surface area (Å²) in [5, 5.41) is 6.22. The molecule has 0 saturated heterocycles. The summed E-state index contributed by atoms with van der Waals surface area (Å²) in [5.74, 6) is -0.598. The lowest BCUT2D eigenvalue weighted by Crippen LogP contribution is -2.37. The Hall–Kier alpha value is -2.15. The van der Waals surface area contributed by atoms with Gasteiger partial charge in [-0.1, -0.05) is 22.9 Å². The normalized spacial score (nSPS) is 12.9. The molecule has 1 N–H and O–H groups in total. The summed E-state index contributed by atoms with van der Waals surface area (Å²) in [6.45, 7) is 5.22. The average Bonchev–Trinajstić information content (AvgIpc) is 2.85. The highest BCUT2D eigenvalue weighted by atomic mass is 32.2. The van der Waals surface area contributed by atoms with Crippen LogP contribution in [0.1, 0.15) is 28.7 Å². The van der Waals surface area contributed by atoms with Crippen molar-refractivity contribution in [2.75, 3.05) is 5.75 Å². The van der Waals surface area contributed by atoms with Gasteiger partial charge in [-0.3, -0.25) is 4.79 Å². The van der Waals surface area contributed by atoms with Crippen molar-refractivity contribution in [1.82, 2.24) is 10.5 Å². The van der Waals surface area contributed by atoms with Crippen molar-refractivity contribution in [3.8, 4) is 0 Å². The molecule has 0 aliphatic rings. The molecule has 1 atom stereocenters. The fourth-order valence-electron chi connectivity index (χ4n) is 1.98. The topological polar surface area (TPSA) is 89.3 Å². The van der Waals surface area contributed by atoms with Crippen LogP contribution < -0.4 is 5.32 Å². The van der Waals surface area contributed by atoms with E-state index in [1.54, 1.807) is 38.1 Å². The molecule has 2 rings (SSSR count). The third-order valence-corrected chi connectivity index (χ3v) is 5.01. The zero-order chi connectivity index (χ0) is 16.3. The molecule has 0 aliphatic carbocycles. The van der Waals surface area contributed by atoms with Crippen LogP contribution in [0.3, 0.4) is 0 Å². The molecule has 1 aromatic carbocycles. The fourth-order valence-corrected chi connectivity index (χ4v) is 3.46. The highest BCUT2D eigenvalue weighted by Gasteiger charge is 2.21. The van der Waals surface area contributed by atoms with Gasteiger partial charge < -0.3 is 9.84 Å². The van der Waals surface area contributed by atoms with Gasteiger partial charge in [-0.2, -0.15) is 0 Å². The van der Waals surface area contributed by atoms with Crippen LogP contribution >= 0.6 is 0 Å². The number of aryl methyl sites for hydroxylation is 2. The van der Waals surface area contributed by atoms with Crippen molar-refractivity contribution in [3.63, 3.8) is 0 Å². The van der Waals surface area contributed by atoms with Gasteiger partial charge >= 0.3 is 0 Å². The fraction of sp³-hybridized carbons (Fsp3) is 0.333. The van der Waals surface area contributed by atoms with Crippen molar-refractivity contribution in [2.45, 2.75) is 31.7 Å². The van der Waals surface area contributed by atoms with Gasteiger partial charge in [-0.15, -0.1) is 0 Å². The Bertz CT molecular complexity index is 763. The van der Waals surface area contributed by atoms with Crippen molar-refractivity contribution in [1.29, 1.82) is 0 Å². The second-order valence-electron chi connectivity index (χ2n) is 5.30. The minimum absolute atomic E-state index is 0.0667. The number of benzene rings is 1. The van der Waals surface area contributed by atoms with Gasteiger partial charge in [-0.25, -0.2) is 8.42 Å². The molecule has 7 heteroatoms. The van der Waals surface area contributed by atoms with Crippen LogP contribution in [0.2, 0.25) is 0 Å². The number of hydrogen-bond acceptors (Lipinski definition) is 5. The molecule has 0 saturated carbocycles. The zero-order valence-electron chi connectivity index (χ0n) is 12.7. The quantitative estimate of drug-likeness (QED) is 0.908. The van der Waals surface area contributed by atoms with E-state index >= 15 is 0 Å². The third kappa shape index (κ3) is 3.94. The first-order valence-electron chi connectivity index (χ1n) is 6.81. The van der Waals surface area contributed by atoms with Gasteiger partial charge in [0, 0.05) is 12.1 Å². The SMILES string of the molecule is Cc1ccc(S(=O)(=O)C[C@@H](C)NC(=O)c2cc(C)no2)cc1. The van der Waals surface area contributed by atoms with Crippen molar-refractivity contribution in [3.05, 3.63) is 47.3 Å². The van der Waals surface area contributed by atoms with E-state index in [-0.39, 0.29) is 16.4 Å². The first-order valence-corrected chi connectivity index (χ1v) is 8.47. The first-order chi connectivity index (χ1) is 10.3. The maximum Gasteiger partial charge on any atom is 0.290 e. The molecule has 0 radical (unpaired) electrons. The number of aromatic nitrogens is 1. The zero-order valence-corrected chi connectivity index (χ0v) is 13.5. The molecule has 118 valence electrons. The summed E-state index contributed by atoms with van der Waals surface area (Å²) in [6, 6.07) is 7.57. The molecule has 2 aromatic rings. The number of amides is 1. The van der Waals surface area contributed by atoms with Crippen LogP contribution in [-0.4, -0.2) is 31.3 Å². The Balaban J connectivity index is 2.03. The second kappa shape index (κ2) is 6.31. The smallest absolute Gasteiger partial charge is 0.290 e. The predicted octanol–water partition coefficient (Wildman–Crippen LogP) is 1.88. The van der Waals surface area contributed by atoms with E-state index in [9.17, 15) is 13.2 Å². The van der Waals surface area contributed by atoms with Crippen LogP contribution in [0.15, 0.2) is 39.8 Å². The van der Waals surface area contributed by atoms with E-state index < -0.39 is 21.8 Å². The molecule has 0 unspecified atom stereocenters. The molecular weight excluding hydrogens is 304 g/mol. The number of sulfone groups is 1. The molecule has 6 nitrogen and oxygen atoms in total. The van der Waals surface area contributed by atoms with Crippen LogP contribution in [0, 0.1) is 13.8 Å². The number of hydrogen-bond donors (Lipinski definition) is 1. The standard InChI is InChI=1S/C15H18N2O4S/c1-10-4-6-13(7-5-10)22(19,20)9-12(3)16-15(18)14-8-11(2)17-21-14/h4-8,12H,9H2,1-3H3,(H,16,18)/t12-/m1/s1. The molecule has 0 aliphatic heterocycles. The molecule has 0 fully saturated rings. The number of nitrogens with zero attached hydrogens (tertiary/aromatic N) is 1. The number of nitrogens with one attached hydrogen (secondary N) is 1. The van der Waals surface area contributed by atoms with Gasteiger partial charge in [0.05, 0.1) is 16.3 Å². The molecular formula is C15H18N2O4S.